The third-order valence-corrected chi connectivity index (χ3v) is 11.4. The molecule has 0 radical (unpaired) electrons. The number of sulfonamides is 1. The molecule has 1 N–H and O–H groups in total. The second kappa shape index (κ2) is 33.7. The molecule has 0 aliphatic carbocycles. The summed E-state index contributed by atoms with van der Waals surface area (Å²) in [6, 6.07) is 14.1. The molecule has 4 aromatic rings. The number of halogens is 4. The van der Waals surface area contributed by atoms with Gasteiger partial charge in [-0.05, 0) is 107 Å². The zero-order chi connectivity index (χ0) is 47.2. The van der Waals surface area contributed by atoms with Crippen LogP contribution in [0.3, 0.4) is 0 Å². The average molecular weight is 1160 g/mol. The first kappa shape index (κ1) is 61.2. The van der Waals surface area contributed by atoms with Gasteiger partial charge in [-0.2, -0.15) is 0 Å². The summed E-state index contributed by atoms with van der Waals surface area (Å²) in [5, 5.41) is 5.21. The van der Waals surface area contributed by atoms with Gasteiger partial charge in [0.1, 0.15) is 10.1 Å². The van der Waals surface area contributed by atoms with Crippen LogP contribution in [0.15, 0.2) is 139 Å². The summed E-state index contributed by atoms with van der Waals surface area (Å²) in [5.41, 5.74) is 1.94. The first-order chi connectivity index (χ1) is 29.6. The van der Waals surface area contributed by atoms with Gasteiger partial charge in [0.05, 0.1) is 11.2 Å². The Morgan fingerprint density at radius 3 is 1.45 bits per heavy atom. The van der Waals surface area contributed by atoms with E-state index in [4.69, 9.17) is 33.0 Å². The third kappa shape index (κ3) is 34.6. The van der Waals surface area contributed by atoms with E-state index in [0.29, 0.717) is 28.5 Å². The summed E-state index contributed by atoms with van der Waals surface area (Å²) >= 11 is 7.24. The van der Waals surface area contributed by atoms with Crippen LogP contribution in [-0.2, 0) is 47.8 Å². The molecule has 17 nitrogen and oxygen atoms in total. The standard InChI is InChI=1S/C12H12N2O3S.C7H6ClNO2S.C7H7NO3S.C5H4IN.C5H7NO.C2H4Cl2O2S.K/c15-12-5-1-2-8-14(12)18(16,17)9-6-11-4-3-7-13-10-11;8-12(10,11)5-3-7-2-1-4-9-6-7;9-12(10,11)5-3-7-2-1-4-8-6-7;6-5-2-1-3-7-4-5;7-5-3-1-2-4-6-5;3-1-2-7(4,5)6;/h1,3-7,9-10H,2,8H2;1-6H;1-6H,(H,9,10,11);1-4H;1,3H,2,4H2,(H,6,7);1-2H2;/q;;;;;;+1/p-1/b9-6+;2*5-3+;;;;. The Morgan fingerprint density at radius 1 is 0.688 bits per heavy atom. The first-order valence-electron chi connectivity index (χ1n) is 17.5. The minimum atomic E-state index is -4.28. The van der Waals surface area contributed by atoms with Crippen LogP contribution in [0.25, 0.3) is 18.2 Å². The molecular weight excluding hydrogens is 1120 g/mol. The molecule has 0 fully saturated rings. The first-order valence-corrected chi connectivity index (χ1v) is 26.9. The van der Waals surface area contributed by atoms with Crippen molar-refractivity contribution in [1.82, 2.24) is 29.6 Å². The number of alkyl halides is 1. The molecule has 0 spiro atoms. The fourth-order valence-corrected chi connectivity index (χ4v) is 7.34. The van der Waals surface area contributed by atoms with Crippen LogP contribution >= 0.6 is 55.6 Å². The van der Waals surface area contributed by atoms with E-state index in [0.717, 1.165) is 28.1 Å². The second-order valence-electron chi connectivity index (χ2n) is 11.5. The molecule has 0 aromatic carbocycles. The van der Waals surface area contributed by atoms with Crippen LogP contribution in [0.5, 0.6) is 0 Å². The van der Waals surface area contributed by atoms with Crippen LogP contribution in [0.1, 0.15) is 29.5 Å². The van der Waals surface area contributed by atoms with Crippen LogP contribution in [0, 0.1) is 3.57 Å². The molecular formula is C38H39Cl3IKN6O11S4. The van der Waals surface area contributed by atoms with Crippen molar-refractivity contribution in [3.8, 4) is 0 Å². The number of carbonyl (C=O) groups excluding carboxylic acids is 2. The van der Waals surface area contributed by atoms with Gasteiger partial charge in [0.2, 0.25) is 15.0 Å². The predicted molar refractivity (Wildman–Crippen MR) is 253 cm³/mol. The van der Waals surface area contributed by atoms with Crippen LogP contribution in [0.2, 0.25) is 0 Å². The molecule has 2 aliphatic heterocycles. The molecule has 0 unspecified atom stereocenters. The number of nitrogens with zero attached hydrogens (tertiary/aromatic N) is 5. The van der Waals surface area contributed by atoms with Crippen molar-refractivity contribution < 1.29 is 99.2 Å². The molecule has 4 aromatic heterocycles. The number of carbonyl (C=O) groups is 2. The van der Waals surface area contributed by atoms with Crippen molar-refractivity contribution in [3.05, 3.63) is 159 Å². The van der Waals surface area contributed by atoms with E-state index in [1.54, 1.807) is 85.7 Å². The van der Waals surface area contributed by atoms with E-state index >= 15 is 0 Å². The third-order valence-electron chi connectivity index (χ3n) is 6.47. The fraction of sp³-hybridized carbons (Fsp3) is 0.158. The zero-order valence-electron chi connectivity index (χ0n) is 33.6. The molecule has 0 saturated carbocycles. The molecule has 2 amide bonds. The average Bonchev–Trinajstić information content (AvgIpc) is 3.24. The predicted octanol–water partition coefficient (Wildman–Crippen LogP) is 2.94. The van der Waals surface area contributed by atoms with Crippen molar-refractivity contribution in [2.24, 2.45) is 0 Å². The minimum Gasteiger partial charge on any atom is -0.744 e. The second-order valence-corrected chi connectivity index (χ2v) is 21.5. The van der Waals surface area contributed by atoms with Crippen molar-refractivity contribution in [3.63, 3.8) is 0 Å². The Bertz CT molecular complexity index is 2530. The quantitative estimate of drug-likeness (QED) is 0.0831. The van der Waals surface area contributed by atoms with Gasteiger partial charge in [-0.3, -0.25) is 29.5 Å². The van der Waals surface area contributed by atoms with Crippen LogP contribution < -0.4 is 56.7 Å². The van der Waals surface area contributed by atoms with E-state index in [2.05, 4.69) is 47.8 Å². The van der Waals surface area contributed by atoms with E-state index in [-0.39, 0.29) is 75.5 Å². The van der Waals surface area contributed by atoms with E-state index in [9.17, 15) is 47.8 Å². The maximum Gasteiger partial charge on any atom is 1.00 e. The molecule has 6 heterocycles. The Labute approximate surface area is 443 Å². The van der Waals surface area contributed by atoms with Gasteiger partial charge in [0.25, 0.3) is 25.0 Å². The normalized spacial score (nSPS) is 13.5. The summed E-state index contributed by atoms with van der Waals surface area (Å²) in [7, 11) is -5.21. The SMILES string of the molecule is Ic1cccnc1.O=C1C=CCCN1.O=C1C=CCCN1S(=O)(=O)/C=C/c1cccnc1.O=S(=O)(Cl)/C=C/c1cccnc1.O=S(=O)(Cl)CCCl.O=S(=O)([O-])/C=C/c1cccnc1.[K+]. The maximum absolute atomic E-state index is 11.9. The number of aromatic nitrogens is 4. The molecule has 0 saturated heterocycles. The Balaban J connectivity index is 0.000000772. The van der Waals surface area contributed by atoms with E-state index in [1.807, 2.05) is 24.4 Å². The Hall–Kier alpha value is -2.76. The molecule has 0 bridgehead atoms. The number of hydrogen-bond donors (Lipinski definition) is 1. The molecule has 340 valence electrons. The van der Waals surface area contributed by atoms with Gasteiger partial charge in [-0.1, -0.05) is 30.4 Å². The van der Waals surface area contributed by atoms with Gasteiger partial charge in [-0.25, -0.2) is 38.0 Å². The van der Waals surface area contributed by atoms with Gasteiger partial charge >= 0.3 is 51.4 Å². The topological polar surface area (TPSA) is 261 Å². The van der Waals surface area contributed by atoms with Gasteiger partial charge < -0.3 is 9.87 Å². The van der Waals surface area contributed by atoms with Crippen molar-refractivity contribution in [2.45, 2.75) is 12.8 Å². The molecule has 64 heavy (non-hydrogen) atoms. The van der Waals surface area contributed by atoms with E-state index < -0.39 is 44.2 Å². The minimum absolute atomic E-state index is 0. The number of hydrogen-bond acceptors (Lipinski definition) is 15. The van der Waals surface area contributed by atoms with Crippen LogP contribution in [-0.4, -0.2) is 99.0 Å². The van der Waals surface area contributed by atoms with Gasteiger partial charge in [0.15, 0.2) is 0 Å². The fourth-order valence-electron chi connectivity index (χ4n) is 3.77. The van der Waals surface area contributed by atoms with Gasteiger partial charge in [-0.15, -0.1) is 11.6 Å². The molecule has 2 aliphatic rings. The number of nitrogens with one attached hydrogen (secondary N) is 1. The molecule has 0 atom stereocenters. The summed E-state index contributed by atoms with van der Waals surface area (Å²) in [5.74, 6) is -0.564. The molecule has 6 rings (SSSR count). The summed E-state index contributed by atoms with van der Waals surface area (Å²) in [6.45, 7) is 0.990. The number of amides is 2. The van der Waals surface area contributed by atoms with Crippen molar-refractivity contribution in [1.29, 1.82) is 0 Å². The Morgan fingerprint density at radius 2 is 1.16 bits per heavy atom. The smallest absolute Gasteiger partial charge is 0.744 e. The van der Waals surface area contributed by atoms with Crippen LogP contribution in [0.4, 0.5) is 0 Å². The van der Waals surface area contributed by atoms with Gasteiger partial charge in [0, 0.05) is 110 Å². The van der Waals surface area contributed by atoms with Crippen molar-refractivity contribution in [2.75, 3.05) is 24.7 Å². The number of pyridine rings is 4. The summed E-state index contributed by atoms with van der Waals surface area (Å²) < 4.78 is 97.1. The Kier molecular flexibility index (Phi) is 32.2. The summed E-state index contributed by atoms with van der Waals surface area (Å²) in [6.07, 6.45) is 24.8. The summed E-state index contributed by atoms with van der Waals surface area (Å²) in [4.78, 5) is 37.0. The monoisotopic (exact) mass is 1150 g/mol. The number of rotatable bonds is 9. The largest absolute Gasteiger partial charge is 1.00 e. The molecule has 26 heteroatoms. The van der Waals surface area contributed by atoms with E-state index in [1.165, 1.54) is 34.1 Å². The zero-order valence-corrected chi connectivity index (χ0v) is 44.4. The maximum atomic E-state index is 11.9. The van der Waals surface area contributed by atoms with Crippen molar-refractivity contribution >= 4 is 124 Å².